The van der Waals surface area contributed by atoms with Crippen LogP contribution in [0, 0.1) is 13.8 Å². The molecule has 1 aliphatic rings. The number of carbonyl (C=O) groups excluding carboxylic acids is 3. The number of hydrogen-bond donors (Lipinski definition) is 1. The molecule has 4 aromatic rings. The van der Waals surface area contributed by atoms with Crippen LogP contribution in [0.5, 0.6) is 11.5 Å². The summed E-state index contributed by atoms with van der Waals surface area (Å²) in [6.07, 6.45) is 1.70. The molecule has 10 heteroatoms. The van der Waals surface area contributed by atoms with Crippen LogP contribution in [-0.4, -0.2) is 40.2 Å². The number of ether oxygens (including phenoxy) is 2. The molecule has 0 radical (unpaired) electrons. The van der Waals surface area contributed by atoms with E-state index in [0.29, 0.717) is 28.8 Å². The molecule has 214 valence electrons. The molecule has 1 saturated heterocycles. The van der Waals surface area contributed by atoms with E-state index in [9.17, 15) is 14.4 Å². The molecular weight excluding hydrogens is 574 g/mol. The van der Waals surface area contributed by atoms with Gasteiger partial charge in [0.25, 0.3) is 11.1 Å². The first-order valence-electron chi connectivity index (χ1n) is 13.1. The standard InChI is InChI=1S/C32H28ClN3O5S/c1-20-16-23(21(2)36(20)25-10-14-27(15-11-25)41-19-22-6-4-5-7-28(22)33)17-29-31(38)35(32(39)42-29)18-30(37)34-24-8-12-26(40-3)13-9-24/h4-17H,18-19H2,1-3H3,(H,34,37)/b29-17+. The van der Waals surface area contributed by atoms with Crippen LogP contribution in [0.3, 0.4) is 0 Å². The fraction of sp³-hybridized carbons (Fsp3) is 0.156. The molecule has 5 rings (SSSR count). The van der Waals surface area contributed by atoms with E-state index in [4.69, 9.17) is 21.1 Å². The minimum absolute atomic E-state index is 0.265. The molecule has 0 saturated carbocycles. The maximum absolute atomic E-state index is 13.1. The van der Waals surface area contributed by atoms with Crippen molar-refractivity contribution in [2.45, 2.75) is 20.5 Å². The third-order valence-corrected chi connectivity index (χ3v) is 8.03. The van der Waals surface area contributed by atoms with E-state index in [1.54, 1.807) is 37.5 Å². The van der Waals surface area contributed by atoms with Crippen molar-refractivity contribution >= 4 is 52.2 Å². The second-order valence-corrected chi connectivity index (χ2v) is 11.0. The van der Waals surface area contributed by atoms with Gasteiger partial charge in [0.05, 0.1) is 12.0 Å². The number of hydrogen-bond acceptors (Lipinski definition) is 6. The first kappa shape index (κ1) is 29.0. The van der Waals surface area contributed by atoms with Gasteiger partial charge in [0.15, 0.2) is 0 Å². The highest BCUT2D eigenvalue weighted by Gasteiger charge is 2.36. The summed E-state index contributed by atoms with van der Waals surface area (Å²) in [5.74, 6) is 0.394. The molecule has 0 unspecified atom stereocenters. The van der Waals surface area contributed by atoms with Gasteiger partial charge < -0.3 is 19.4 Å². The summed E-state index contributed by atoms with van der Waals surface area (Å²) in [7, 11) is 1.55. The number of halogens is 1. The minimum Gasteiger partial charge on any atom is -0.497 e. The van der Waals surface area contributed by atoms with Gasteiger partial charge in [0.1, 0.15) is 24.7 Å². The predicted octanol–water partition coefficient (Wildman–Crippen LogP) is 7.01. The Bertz CT molecular complexity index is 1680. The van der Waals surface area contributed by atoms with Crippen LogP contribution in [-0.2, 0) is 16.2 Å². The fourth-order valence-corrected chi connectivity index (χ4v) is 5.61. The third kappa shape index (κ3) is 6.37. The Hall–Kier alpha value is -4.47. The maximum Gasteiger partial charge on any atom is 0.294 e. The Balaban J connectivity index is 1.26. The van der Waals surface area contributed by atoms with Gasteiger partial charge in [-0.05, 0) is 97.9 Å². The quantitative estimate of drug-likeness (QED) is 0.208. The number of amides is 3. The number of aromatic nitrogens is 1. The van der Waals surface area contributed by atoms with Crippen LogP contribution in [0.2, 0.25) is 5.02 Å². The highest BCUT2D eigenvalue weighted by Crippen LogP contribution is 2.34. The van der Waals surface area contributed by atoms with Crippen molar-refractivity contribution in [3.63, 3.8) is 0 Å². The molecule has 42 heavy (non-hydrogen) atoms. The van der Waals surface area contributed by atoms with Crippen LogP contribution in [0.4, 0.5) is 10.5 Å². The van der Waals surface area contributed by atoms with Crippen molar-refractivity contribution in [1.29, 1.82) is 0 Å². The number of imide groups is 1. The van der Waals surface area contributed by atoms with Gasteiger partial charge in [0.2, 0.25) is 5.91 Å². The van der Waals surface area contributed by atoms with Crippen molar-refractivity contribution in [3.8, 4) is 17.2 Å². The molecule has 0 aliphatic carbocycles. The maximum atomic E-state index is 13.1. The lowest BCUT2D eigenvalue weighted by Gasteiger charge is -2.12. The number of rotatable bonds is 9. The number of carbonyl (C=O) groups is 3. The van der Waals surface area contributed by atoms with Gasteiger partial charge in [0, 0.05) is 33.3 Å². The summed E-state index contributed by atoms with van der Waals surface area (Å²) in [6.45, 7) is 3.91. The SMILES string of the molecule is COc1ccc(NC(=O)CN2C(=O)S/C(=C/c3cc(C)n(-c4ccc(OCc5ccccc5Cl)cc4)c3C)C2=O)cc1. The first-order valence-corrected chi connectivity index (χ1v) is 14.3. The van der Waals surface area contributed by atoms with Gasteiger partial charge >= 0.3 is 0 Å². The number of aryl methyl sites for hydroxylation is 1. The molecule has 1 fully saturated rings. The Kier molecular flexibility index (Phi) is 8.70. The van der Waals surface area contributed by atoms with Crippen molar-refractivity contribution in [2.75, 3.05) is 19.0 Å². The normalized spacial score (nSPS) is 14.0. The number of benzene rings is 3. The molecule has 8 nitrogen and oxygen atoms in total. The molecule has 0 atom stereocenters. The summed E-state index contributed by atoms with van der Waals surface area (Å²) in [6, 6.07) is 24.0. The monoisotopic (exact) mass is 601 g/mol. The molecule has 3 aromatic carbocycles. The van der Waals surface area contributed by atoms with E-state index >= 15 is 0 Å². The summed E-state index contributed by atoms with van der Waals surface area (Å²) in [5.41, 5.74) is 5.05. The molecular formula is C32H28ClN3O5S. The van der Waals surface area contributed by atoms with E-state index in [2.05, 4.69) is 9.88 Å². The Morgan fingerprint density at radius 1 is 0.976 bits per heavy atom. The van der Waals surface area contributed by atoms with Crippen LogP contribution < -0.4 is 14.8 Å². The van der Waals surface area contributed by atoms with E-state index < -0.39 is 17.1 Å². The lowest BCUT2D eigenvalue weighted by atomic mass is 10.2. The summed E-state index contributed by atoms with van der Waals surface area (Å²) in [5, 5.41) is 2.87. The average Bonchev–Trinajstić information content (AvgIpc) is 3.41. The summed E-state index contributed by atoms with van der Waals surface area (Å²) < 4.78 is 13.1. The molecule has 0 spiro atoms. The van der Waals surface area contributed by atoms with E-state index in [1.165, 1.54) is 0 Å². The average molecular weight is 602 g/mol. The topological polar surface area (TPSA) is 89.9 Å². The molecule has 1 aromatic heterocycles. The molecule has 1 N–H and O–H groups in total. The van der Waals surface area contributed by atoms with Gasteiger partial charge in [-0.25, -0.2) is 0 Å². The Morgan fingerprint density at radius 2 is 1.67 bits per heavy atom. The van der Waals surface area contributed by atoms with E-state index in [0.717, 1.165) is 44.9 Å². The number of thioether (sulfide) groups is 1. The van der Waals surface area contributed by atoms with Crippen molar-refractivity contribution in [3.05, 3.63) is 111 Å². The molecule has 3 amide bonds. The zero-order valence-corrected chi connectivity index (χ0v) is 24.8. The number of nitrogens with one attached hydrogen (secondary N) is 1. The highest BCUT2D eigenvalue weighted by atomic mass is 35.5. The van der Waals surface area contributed by atoms with Gasteiger partial charge in [-0.15, -0.1) is 0 Å². The third-order valence-electron chi connectivity index (χ3n) is 6.75. The van der Waals surface area contributed by atoms with E-state index in [1.807, 2.05) is 68.4 Å². The van der Waals surface area contributed by atoms with Gasteiger partial charge in [-0.1, -0.05) is 29.8 Å². The van der Waals surface area contributed by atoms with Crippen molar-refractivity contribution in [1.82, 2.24) is 9.47 Å². The van der Waals surface area contributed by atoms with Gasteiger partial charge in [-0.3, -0.25) is 19.3 Å². The minimum atomic E-state index is -0.500. The molecule has 0 bridgehead atoms. The second kappa shape index (κ2) is 12.6. The van der Waals surface area contributed by atoms with Crippen LogP contribution in [0.15, 0.2) is 83.8 Å². The van der Waals surface area contributed by atoms with Crippen LogP contribution in [0.1, 0.15) is 22.5 Å². The largest absolute Gasteiger partial charge is 0.497 e. The number of methoxy groups -OCH3 is 1. The van der Waals surface area contributed by atoms with Crippen LogP contribution >= 0.6 is 23.4 Å². The lowest BCUT2D eigenvalue weighted by molar-refractivity contribution is -0.127. The highest BCUT2D eigenvalue weighted by molar-refractivity contribution is 8.18. The molecule has 1 aliphatic heterocycles. The zero-order chi connectivity index (χ0) is 29.8. The fourth-order valence-electron chi connectivity index (χ4n) is 4.60. The smallest absolute Gasteiger partial charge is 0.294 e. The van der Waals surface area contributed by atoms with Crippen LogP contribution in [0.25, 0.3) is 11.8 Å². The number of anilines is 1. The zero-order valence-electron chi connectivity index (χ0n) is 23.2. The van der Waals surface area contributed by atoms with E-state index in [-0.39, 0.29) is 11.4 Å². The Labute approximate surface area is 252 Å². The summed E-state index contributed by atoms with van der Waals surface area (Å²) >= 11 is 7.05. The van der Waals surface area contributed by atoms with Crippen molar-refractivity contribution in [2.24, 2.45) is 0 Å². The predicted molar refractivity (Wildman–Crippen MR) is 165 cm³/mol. The Morgan fingerprint density at radius 3 is 2.36 bits per heavy atom. The molecule has 2 heterocycles. The second-order valence-electron chi connectivity index (χ2n) is 9.58. The lowest BCUT2D eigenvalue weighted by Crippen LogP contribution is -2.36. The summed E-state index contributed by atoms with van der Waals surface area (Å²) in [4.78, 5) is 39.5. The van der Waals surface area contributed by atoms with Crippen molar-refractivity contribution < 1.29 is 23.9 Å². The first-order chi connectivity index (χ1) is 20.2. The number of nitrogens with zero attached hydrogens (tertiary/aromatic N) is 2. The van der Waals surface area contributed by atoms with Gasteiger partial charge in [-0.2, -0.15) is 0 Å².